The van der Waals surface area contributed by atoms with Gasteiger partial charge in [0.1, 0.15) is 30.5 Å². The molecule has 8 nitrogen and oxygen atoms in total. The molecule has 0 aromatic heterocycles. The van der Waals surface area contributed by atoms with Crippen LogP contribution in [0.1, 0.15) is 17.0 Å². The molecule has 0 spiro atoms. The first kappa shape index (κ1) is 24.0. The summed E-state index contributed by atoms with van der Waals surface area (Å²) in [6.07, 6.45) is 2.07. The first-order valence-corrected chi connectivity index (χ1v) is 11.2. The number of likely N-dealkylation sites (N-methyl/N-ethyl adjacent to an activating group) is 1. The maximum absolute atomic E-state index is 9.99. The lowest BCUT2D eigenvalue weighted by molar-refractivity contribution is -0.871. The summed E-state index contributed by atoms with van der Waals surface area (Å²) in [5, 5.41) is 9.99. The van der Waals surface area contributed by atoms with Crippen molar-refractivity contribution in [1.82, 2.24) is 0 Å². The van der Waals surface area contributed by atoms with E-state index in [1.54, 1.807) is 28.4 Å². The van der Waals surface area contributed by atoms with Crippen molar-refractivity contribution in [2.75, 3.05) is 48.6 Å². The van der Waals surface area contributed by atoms with E-state index in [4.69, 9.17) is 29.4 Å². The van der Waals surface area contributed by atoms with Crippen LogP contribution >= 0.6 is 0 Å². The van der Waals surface area contributed by atoms with E-state index in [0.29, 0.717) is 40.9 Å². The standard InChI is InChI=1S/C27H29N3O5/c1-30-14-18(10-16-6-8-21(31-2)23(11-16)33-4)26-20(15-30)25(19(13-28)27(29)35-26)17-7-9-22(32-3)24(12-17)34-5/h6-12,25H,14-15,29H2,1-5H3/p+1/b18-10+/t25-/m0/s1. The van der Waals surface area contributed by atoms with E-state index in [-0.39, 0.29) is 11.8 Å². The zero-order valence-electron chi connectivity index (χ0n) is 20.6. The van der Waals surface area contributed by atoms with Crippen LogP contribution in [0.15, 0.2) is 64.8 Å². The third-order valence-electron chi connectivity index (χ3n) is 6.29. The molecule has 0 bridgehead atoms. The van der Waals surface area contributed by atoms with E-state index in [0.717, 1.165) is 28.8 Å². The average Bonchev–Trinajstić information content (AvgIpc) is 2.87. The Labute approximate surface area is 205 Å². The topological polar surface area (TPSA) is 100 Å². The molecule has 3 N–H and O–H groups in total. The minimum absolute atomic E-state index is 0.115. The smallest absolute Gasteiger partial charge is 0.205 e. The van der Waals surface area contributed by atoms with E-state index in [1.807, 2.05) is 36.4 Å². The van der Waals surface area contributed by atoms with Crippen LogP contribution in [0.2, 0.25) is 0 Å². The van der Waals surface area contributed by atoms with Crippen molar-refractivity contribution >= 4 is 6.08 Å². The first-order valence-electron chi connectivity index (χ1n) is 11.2. The van der Waals surface area contributed by atoms with Gasteiger partial charge in [0.25, 0.3) is 0 Å². The molecule has 0 saturated carbocycles. The third-order valence-corrected chi connectivity index (χ3v) is 6.29. The van der Waals surface area contributed by atoms with E-state index in [2.05, 4.69) is 19.2 Å². The van der Waals surface area contributed by atoms with Gasteiger partial charge in [-0.2, -0.15) is 5.26 Å². The molecule has 2 aliphatic rings. The second-order valence-corrected chi connectivity index (χ2v) is 8.49. The van der Waals surface area contributed by atoms with E-state index < -0.39 is 0 Å². The van der Waals surface area contributed by atoms with Crippen molar-refractivity contribution in [3.63, 3.8) is 0 Å². The number of nitrogens with zero attached hydrogens (tertiary/aromatic N) is 1. The molecule has 0 saturated heterocycles. The van der Waals surface area contributed by atoms with E-state index in [1.165, 1.54) is 4.90 Å². The molecule has 0 aliphatic carbocycles. The Bertz CT molecular complexity index is 1270. The second kappa shape index (κ2) is 10.0. The lowest BCUT2D eigenvalue weighted by atomic mass is 9.80. The number of quaternary nitrogens is 1. The maximum Gasteiger partial charge on any atom is 0.205 e. The molecular weight excluding hydrogens is 446 g/mol. The summed E-state index contributed by atoms with van der Waals surface area (Å²) in [5.74, 6) is 2.99. The zero-order chi connectivity index (χ0) is 25.1. The SMILES string of the molecule is COc1ccc(/C=C2\C[NH+](C)CC3=C2OC(N)=C(C#N)[C@@H]3c2ccc(OC)c(OC)c2)cc1OC. The van der Waals surface area contributed by atoms with Gasteiger partial charge in [-0.15, -0.1) is 0 Å². The Morgan fingerprint density at radius 2 is 1.57 bits per heavy atom. The number of hydrogen-bond donors (Lipinski definition) is 2. The van der Waals surface area contributed by atoms with E-state index >= 15 is 0 Å². The number of benzene rings is 2. The number of ether oxygens (including phenoxy) is 5. The van der Waals surface area contributed by atoms with Crippen LogP contribution < -0.4 is 29.6 Å². The molecule has 182 valence electrons. The van der Waals surface area contributed by atoms with Crippen molar-refractivity contribution in [3.8, 4) is 29.1 Å². The van der Waals surface area contributed by atoms with Gasteiger partial charge in [-0.3, -0.25) is 0 Å². The van der Waals surface area contributed by atoms with Crippen molar-refractivity contribution in [2.45, 2.75) is 5.92 Å². The van der Waals surface area contributed by atoms with Crippen LogP contribution in [0.25, 0.3) is 6.08 Å². The minimum Gasteiger partial charge on any atom is -0.493 e. The highest BCUT2D eigenvalue weighted by Gasteiger charge is 2.39. The number of hydrogen-bond acceptors (Lipinski definition) is 7. The summed E-state index contributed by atoms with van der Waals surface area (Å²) in [6.45, 7) is 1.44. The quantitative estimate of drug-likeness (QED) is 0.660. The molecule has 2 atom stereocenters. The Morgan fingerprint density at radius 1 is 0.943 bits per heavy atom. The molecule has 1 unspecified atom stereocenters. The molecule has 35 heavy (non-hydrogen) atoms. The molecule has 2 aromatic carbocycles. The largest absolute Gasteiger partial charge is 0.493 e. The number of rotatable bonds is 6. The highest BCUT2D eigenvalue weighted by Crippen LogP contribution is 2.43. The molecule has 2 heterocycles. The summed E-state index contributed by atoms with van der Waals surface area (Å²) in [4.78, 5) is 1.27. The summed E-state index contributed by atoms with van der Waals surface area (Å²) in [6, 6.07) is 13.7. The van der Waals surface area contributed by atoms with Gasteiger partial charge in [-0.05, 0) is 41.5 Å². The fourth-order valence-corrected chi connectivity index (χ4v) is 4.71. The van der Waals surface area contributed by atoms with Crippen molar-refractivity contribution in [2.24, 2.45) is 5.73 Å². The molecule has 2 aliphatic heterocycles. The zero-order valence-corrected chi connectivity index (χ0v) is 20.6. The molecule has 0 radical (unpaired) electrons. The molecule has 2 aromatic rings. The number of methoxy groups -OCH3 is 4. The van der Waals surface area contributed by atoms with Gasteiger partial charge >= 0.3 is 0 Å². The van der Waals surface area contributed by atoms with Gasteiger partial charge in [0, 0.05) is 11.1 Å². The predicted octanol–water partition coefficient (Wildman–Crippen LogP) is 2.39. The Balaban J connectivity index is 1.85. The highest BCUT2D eigenvalue weighted by molar-refractivity contribution is 5.64. The molecule has 0 amide bonds. The highest BCUT2D eigenvalue weighted by atomic mass is 16.5. The van der Waals surface area contributed by atoms with Crippen LogP contribution in [0, 0.1) is 11.3 Å². The van der Waals surface area contributed by atoms with E-state index in [9.17, 15) is 5.26 Å². The first-order chi connectivity index (χ1) is 16.9. The number of allylic oxidation sites excluding steroid dienone is 1. The Kier molecular flexibility index (Phi) is 6.90. The fraction of sp³-hybridized carbons (Fsp3) is 0.296. The predicted molar refractivity (Wildman–Crippen MR) is 131 cm³/mol. The molecule has 0 fully saturated rings. The lowest BCUT2D eigenvalue weighted by Gasteiger charge is -2.35. The molecular formula is C27H30N3O5+. The maximum atomic E-state index is 9.99. The summed E-state index contributed by atoms with van der Waals surface area (Å²) in [7, 11) is 8.52. The van der Waals surface area contributed by atoms with Crippen LogP contribution in [0.3, 0.4) is 0 Å². The third kappa shape index (κ3) is 4.51. The normalized spacial score (nSPS) is 20.6. The fourth-order valence-electron chi connectivity index (χ4n) is 4.71. The van der Waals surface area contributed by atoms with Gasteiger partial charge in [0.05, 0.1) is 41.4 Å². The lowest BCUT2D eigenvalue weighted by Crippen LogP contribution is -3.10. The van der Waals surface area contributed by atoms with Crippen LogP contribution in [-0.4, -0.2) is 48.6 Å². The van der Waals surface area contributed by atoms with Gasteiger partial charge in [0.15, 0.2) is 23.0 Å². The molecule has 8 heteroatoms. The van der Waals surface area contributed by atoms with Gasteiger partial charge < -0.3 is 34.3 Å². The van der Waals surface area contributed by atoms with Crippen LogP contribution in [0.5, 0.6) is 23.0 Å². The molecule has 4 rings (SSSR count). The van der Waals surface area contributed by atoms with Crippen molar-refractivity contribution in [3.05, 3.63) is 75.9 Å². The summed E-state index contributed by atoms with van der Waals surface area (Å²) < 4.78 is 27.9. The number of nitriles is 1. The van der Waals surface area contributed by atoms with Gasteiger partial charge in [-0.1, -0.05) is 12.1 Å². The second-order valence-electron chi connectivity index (χ2n) is 8.49. The monoisotopic (exact) mass is 476 g/mol. The Hall–Kier alpha value is -4.09. The average molecular weight is 477 g/mol. The van der Waals surface area contributed by atoms with Crippen LogP contribution in [-0.2, 0) is 4.74 Å². The van der Waals surface area contributed by atoms with Crippen LogP contribution in [0.4, 0.5) is 0 Å². The summed E-state index contributed by atoms with van der Waals surface area (Å²) >= 11 is 0. The minimum atomic E-state index is -0.354. The number of nitrogens with two attached hydrogens (primary N) is 1. The van der Waals surface area contributed by atoms with Crippen molar-refractivity contribution < 1.29 is 28.6 Å². The Morgan fingerprint density at radius 3 is 2.20 bits per heavy atom. The van der Waals surface area contributed by atoms with Crippen molar-refractivity contribution in [1.29, 1.82) is 5.26 Å². The summed E-state index contributed by atoms with van der Waals surface area (Å²) in [5.41, 5.74) is 10.5. The van der Waals surface area contributed by atoms with Gasteiger partial charge in [0.2, 0.25) is 5.88 Å². The van der Waals surface area contributed by atoms with Gasteiger partial charge in [-0.25, -0.2) is 0 Å². The number of nitrogens with one attached hydrogen (secondary N) is 1.